The average molecular weight is 263 g/mol. The molecular formula is C17H29NO. The fourth-order valence-electron chi connectivity index (χ4n) is 2.08. The van der Waals surface area contributed by atoms with Gasteiger partial charge in [0.2, 0.25) is 0 Å². The normalized spacial score (nSPS) is 11.3. The van der Waals surface area contributed by atoms with Crippen LogP contribution in [0.3, 0.4) is 0 Å². The summed E-state index contributed by atoms with van der Waals surface area (Å²) in [6.07, 6.45) is 2.55. The van der Waals surface area contributed by atoms with E-state index < -0.39 is 0 Å². The van der Waals surface area contributed by atoms with E-state index in [4.69, 9.17) is 4.74 Å². The van der Waals surface area contributed by atoms with E-state index in [1.807, 2.05) is 6.07 Å². The van der Waals surface area contributed by atoms with E-state index in [1.54, 1.807) is 0 Å². The van der Waals surface area contributed by atoms with Crippen LogP contribution < -0.4 is 10.1 Å². The highest BCUT2D eigenvalue weighted by Crippen LogP contribution is 2.25. The summed E-state index contributed by atoms with van der Waals surface area (Å²) in [5.74, 6) is 2.34. The molecule has 1 N–H and O–H groups in total. The van der Waals surface area contributed by atoms with Crippen LogP contribution in [0.4, 0.5) is 0 Å². The van der Waals surface area contributed by atoms with E-state index >= 15 is 0 Å². The van der Waals surface area contributed by atoms with E-state index in [1.165, 1.54) is 18.4 Å². The van der Waals surface area contributed by atoms with E-state index in [2.05, 4.69) is 51.2 Å². The van der Waals surface area contributed by atoms with Crippen molar-refractivity contribution in [2.75, 3.05) is 19.7 Å². The van der Waals surface area contributed by atoms with Gasteiger partial charge in [-0.25, -0.2) is 0 Å². The molecule has 108 valence electrons. The van der Waals surface area contributed by atoms with Crippen LogP contribution in [-0.4, -0.2) is 19.7 Å². The molecule has 2 nitrogen and oxygen atoms in total. The van der Waals surface area contributed by atoms with Crippen LogP contribution in [0.5, 0.6) is 5.75 Å². The van der Waals surface area contributed by atoms with Gasteiger partial charge in [-0.2, -0.15) is 0 Å². The maximum Gasteiger partial charge on any atom is 0.122 e. The third-order valence-electron chi connectivity index (χ3n) is 3.21. The summed E-state index contributed by atoms with van der Waals surface area (Å²) in [4.78, 5) is 0. The minimum atomic E-state index is 0.509. The van der Waals surface area contributed by atoms with Crippen LogP contribution in [0.25, 0.3) is 0 Å². The van der Waals surface area contributed by atoms with E-state index in [-0.39, 0.29) is 0 Å². The van der Waals surface area contributed by atoms with Gasteiger partial charge in [-0.1, -0.05) is 45.9 Å². The second-order valence-corrected chi connectivity index (χ2v) is 5.83. The summed E-state index contributed by atoms with van der Waals surface area (Å²) >= 11 is 0. The molecule has 2 heteroatoms. The number of hydrogen-bond acceptors (Lipinski definition) is 2. The minimum absolute atomic E-state index is 0.509. The Bertz CT molecular complexity index is 347. The van der Waals surface area contributed by atoms with E-state index in [0.717, 1.165) is 31.4 Å². The molecule has 0 saturated carbocycles. The van der Waals surface area contributed by atoms with Crippen molar-refractivity contribution in [2.45, 2.75) is 46.5 Å². The van der Waals surface area contributed by atoms with Gasteiger partial charge in [-0.05, 0) is 42.9 Å². The monoisotopic (exact) mass is 263 g/mol. The van der Waals surface area contributed by atoms with Crippen molar-refractivity contribution < 1.29 is 4.74 Å². The summed E-state index contributed by atoms with van der Waals surface area (Å²) in [5, 5.41) is 3.43. The molecule has 0 fully saturated rings. The summed E-state index contributed by atoms with van der Waals surface area (Å²) in [6.45, 7) is 11.7. The molecule has 0 bridgehead atoms. The zero-order valence-corrected chi connectivity index (χ0v) is 12.9. The molecular weight excluding hydrogens is 234 g/mol. The first-order valence-electron chi connectivity index (χ1n) is 7.53. The Kier molecular flexibility index (Phi) is 7.57. The van der Waals surface area contributed by atoms with Crippen molar-refractivity contribution in [2.24, 2.45) is 5.92 Å². The molecule has 0 aliphatic heterocycles. The number of nitrogens with one attached hydrogen (secondary N) is 1. The van der Waals surface area contributed by atoms with Crippen molar-refractivity contribution in [3.8, 4) is 5.75 Å². The Morgan fingerprint density at radius 1 is 1.05 bits per heavy atom. The quantitative estimate of drug-likeness (QED) is 0.674. The topological polar surface area (TPSA) is 21.3 Å². The van der Waals surface area contributed by atoms with Gasteiger partial charge in [0.15, 0.2) is 0 Å². The van der Waals surface area contributed by atoms with Crippen molar-refractivity contribution in [1.29, 1.82) is 0 Å². The zero-order chi connectivity index (χ0) is 14.1. The molecule has 1 rings (SSSR count). The molecule has 0 aliphatic rings. The summed E-state index contributed by atoms with van der Waals surface area (Å²) in [7, 11) is 0. The lowest BCUT2D eigenvalue weighted by molar-refractivity contribution is 0.309. The smallest absolute Gasteiger partial charge is 0.122 e. The van der Waals surface area contributed by atoms with Gasteiger partial charge >= 0.3 is 0 Å². The highest BCUT2D eigenvalue weighted by Gasteiger charge is 2.06. The largest absolute Gasteiger partial charge is 0.492 e. The molecule has 19 heavy (non-hydrogen) atoms. The van der Waals surface area contributed by atoms with Crippen LogP contribution in [0.1, 0.15) is 52.0 Å². The number of rotatable bonds is 9. The first-order chi connectivity index (χ1) is 9.11. The lowest BCUT2D eigenvalue weighted by Crippen LogP contribution is -2.22. The molecule has 0 radical (unpaired) electrons. The number of ether oxygens (including phenoxy) is 1. The van der Waals surface area contributed by atoms with E-state index in [9.17, 15) is 0 Å². The second kappa shape index (κ2) is 8.98. The van der Waals surface area contributed by atoms with Gasteiger partial charge in [-0.3, -0.25) is 0 Å². The van der Waals surface area contributed by atoms with Crippen molar-refractivity contribution >= 4 is 0 Å². The van der Waals surface area contributed by atoms with Gasteiger partial charge in [0.1, 0.15) is 12.4 Å². The maximum absolute atomic E-state index is 5.86. The first kappa shape index (κ1) is 16.0. The Morgan fingerprint density at radius 3 is 2.47 bits per heavy atom. The van der Waals surface area contributed by atoms with Crippen LogP contribution >= 0.6 is 0 Å². The van der Waals surface area contributed by atoms with Gasteiger partial charge in [0.05, 0.1) is 0 Å². The highest BCUT2D eigenvalue weighted by atomic mass is 16.5. The number of para-hydroxylation sites is 1. The standard InChI is InChI=1S/C17H29NO/c1-14(2)8-7-11-18-12-13-19-17-10-6-5-9-16(17)15(3)4/h5-6,9-10,14-15,18H,7-8,11-13H2,1-4H3. The molecule has 0 aromatic heterocycles. The Balaban J connectivity index is 2.19. The SMILES string of the molecule is CC(C)CCCNCCOc1ccccc1C(C)C. The van der Waals surface area contributed by atoms with E-state index in [0.29, 0.717) is 5.92 Å². The molecule has 0 aliphatic carbocycles. The van der Waals surface area contributed by atoms with Gasteiger partial charge in [0, 0.05) is 6.54 Å². The van der Waals surface area contributed by atoms with Crippen LogP contribution in [-0.2, 0) is 0 Å². The van der Waals surface area contributed by atoms with Crippen LogP contribution in [0, 0.1) is 5.92 Å². The predicted molar refractivity (Wildman–Crippen MR) is 83.0 cm³/mol. The Labute approximate surface area is 118 Å². The maximum atomic E-state index is 5.86. The highest BCUT2D eigenvalue weighted by molar-refractivity contribution is 5.35. The summed E-state index contributed by atoms with van der Waals surface area (Å²) < 4.78 is 5.86. The molecule has 0 heterocycles. The minimum Gasteiger partial charge on any atom is -0.492 e. The van der Waals surface area contributed by atoms with Crippen LogP contribution in [0.15, 0.2) is 24.3 Å². The predicted octanol–water partition coefficient (Wildman–Crippen LogP) is 4.21. The zero-order valence-electron chi connectivity index (χ0n) is 12.9. The molecule has 0 unspecified atom stereocenters. The lowest BCUT2D eigenvalue weighted by Gasteiger charge is -2.14. The van der Waals surface area contributed by atoms with Crippen molar-refractivity contribution in [3.63, 3.8) is 0 Å². The molecule has 0 spiro atoms. The fraction of sp³-hybridized carbons (Fsp3) is 0.647. The van der Waals surface area contributed by atoms with Gasteiger partial charge in [-0.15, -0.1) is 0 Å². The third-order valence-corrected chi connectivity index (χ3v) is 3.21. The third kappa shape index (κ3) is 6.63. The lowest BCUT2D eigenvalue weighted by atomic mass is 10.0. The fourth-order valence-corrected chi connectivity index (χ4v) is 2.08. The average Bonchev–Trinajstić information content (AvgIpc) is 2.37. The number of benzene rings is 1. The molecule has 0 saturated heterocycles. The van der Waals surface area contributed by atoms with Crippen molar-refractivity contribution in [3.05, 3.63) is 29.8 Å². The Morgan fingerprint density at radius 2 is 1.79 bits per heavy atom. The summed E-state index contributed by atoms with van der Waals surface area (Å²) in [6, 6.07) is 8.33. The van der Waals surface area contributed by atoms with Crippen molar-refractivity contribution in [1.82, 2.24) is 5.32 Å². The first-order valence-corrected chi connectivity index (χ1v) is 7.53. The van der Waals surface area contributed by atoms with Gasteiger partial charge in [0.25, 0.3) is 0 Å². The van der Waals surface area contributed by atoms with Crippen LogP contribution in [0.2, 0.25) is 0 Å². The molecule has 1 aromatic carbocycles. The molecule has 1 aromatic rings. The Hall–Kier alpha value is -1.02. The molecule has 0 atom stereocenters. The number of hydrogen-bond donors (Lipinski definition) is 1. The van der Waals surface area contributed by atoms with Gasteiger partial charge < -0.3 is 10.1 Å². The summed E-state index contributed by atoms with van der Waals surface area (Å²) in [5.41, 5.74) is 1.29. The molecule has 0 amide bonds. The second-order valence-electron chi connectivity index (χ2n) is 5.83.